The summed E-state index contributed by atoms with van der Waals surface area (Å²) in [7, 11) is 0. The molecule has 1 aliphatic heterocycles. The number of rotatable bonds is 8. The van der Waals surface area contributed by atoms with Crippen LogP contribution in [0.3, 0.4) is 0 Å². The fourth-order valence-electron chi connectivity index (χ4n) is 4.07. The molecule has 2 aromatic rings. The molecule has 2 atom stereocenters. The highest BCUT2D eigenvalue weighted by atomic mass is 32.1. The lowest BCUT2D eigenvalue weighted by Gasteiger charge is -2.39. The van der Waals surface area contributed by atoms with Crippen molar-refractivity contribution in [2.45, 2.75) is 58.9 Å². The first kappa shape index (κ1) is 21.3. The summed E-state index contributed by atoms with van der Waals surface area (Å²) in [4.78, 5) is 7.73. The predicted molar refractivity (Wildman–Crippen MR) is 110 cm³/mol. The van der Waals surface area contributed by atoms with Crippen molar-refractivity contribution in [3.63, 3.8) is 0 Å². The van der Waals surface area contributed by atoms with Gasteiger partial charge in [0.15, 0.2) is 5.13 Å². The molecule has 1 saturated heterocycles. The van der Waals surface area contributed by atoms with Gasteiger partial charge in [0, 0.05) is 40.9 Å². The average molecular weight is 409 g/mol. The first-order valence-corrected chi connectivity index (χ1v) is 10.8. The number of likely N-dealkylation sites (tertiary alicyclic amines) is 1. The van der Waals surface area contributed by atoms with Gasteiger partial charge in [0.25, 0.3) is 0 Å². The lowest BCUT2D eigenvalue weighted by atomic mass is 9.81. The third-order valence-electron chi connectivity index (χ3n) is 6.09. The van der Waals surface area contributed by atoms with E-state index in [1.54, 1.807) is 6.07 Å². The van der Waals surface area contributed by atoms with Gasteiger partial charge in [0.1, 0.15) is 0 Å². The molecule has 0 bridgehead atoms. The predicted octanol–water partition coefficient (Wildman–Crippen LogP) is 5.48. The SMILES string of the molecule is CCO[C@@H](F)C1(CCc2ccc(F)s2)CCN(C(C)(C)c2ccc(C)nc2)C1. The summed E-state index contributed by atoms with van der Waals surface area (Å²) in [6, 6.07) is 7.41. The Morgan fingerprint density at radius 2 is 2.11 bits per heavy atom. The van der Waals surface area contributed by atoms with Gasteiger partial charge in [-0.05, 0) is 77.3 Å². The van der Waals surface area contributed by atoms with E-state index in [1.165, 1.54) is 6.07 Å². The van der Waals surface area contributed by atoms with Crippen LogP contribution >= 0.6 is 11.3 Å². The summed E-state index contributed by atoms with van der Waals surface area (Å²) in [6.45, 7) is 9.89. The first-order valence-electron chi connectivity index (χ1n) is 9.95. The lowest BCUT2D eigenvalue weighted by molar-refractivity contribution is -0.121. The van der Waals surface area contributed by atoms with Crippen LogP contribution in [0.2, 0.25) is 0 Å². The Hall–Kier alpha value is -1.37. The van der Waals surface area contributed by atoms with E-state index in [-0.39, 0.29) is 10.7 Å². The van der Waals surface area contributed by atoms with Gasteiger partial charge < -0.3 is 4.74 Å². The Bertz CT molecular complexity index is 777. The van der Waals surface area contributed by atoms with Crippen LogP contribution in [0.1, 0.15) is 49.7 Å². The van der Waals surface area contributed by atoms with Crippen LogP contribution < -0.4 is 0 Å². The third kappa shape index (κ3) is 4.44. The average Bonchev–Trinajstić information content (AvgIpc) is 3.28. The Balaban J connectivity index is 1.78. The second-order valence-electron chi connectivity index (χ2n) is 8.26. The van der Waals surface area contributed by atoms with Crippen LogP contribution in [0, 0.1) is 17.5 Å². The van der Waals surface area contributed by atoms with E-state index in [9.17, 15) is 4.39 Å². The van der Waals surface area contributed by atoms with E-state index < -0.39 is 11.8 Å². The van der Waals surface area contributed by atoms with Gasteiger partial charge in [-0.2, -0.15) is 4.39 Å². The fourth-order valence-corrected chi connectivity index (χ4v) is 4.80. The monoisotopic (exact) mass is 408 g/mol. The molecule has 0 spiro atoms. The molecule has 3 nitrogen and oxygen atoms in total. The highest BCUT2D eigenvalue weighted by molar-refractivity contribution is 7.10. The van der Waals surface area contributed by atoms with Gasteiger partial charge >= 0.3 is 0 Å². The second kappa shape index (κ2) is 8.56. The van der Waals surface area contributed by atoms with Crippen molar-refractivity contribution >= 4 is 11.3 Å². The number of halogens is 2. The van der Waals surface area contributed by atoms with Crippen molar-refractivity contribution in [2.24, 2.45) is 5.41 Å². The molecular formula is C22H30F2N2OS. The van der Waals surface area contributed by atoms with Crippen molar-refractivity contribution in [1.29, 1.82) is 0 Å². The zero-order valence-electron chi connectivity index (χ0n) is 17.2. The standard InChI is InChI=1S/C22H30F2N2OS/c1-5-27-20(24)22(11-10-18-8-9-19(23)28-18)12-13-26(15-22)21(3,4)17-7-6-16(2)25-14-17/h6-9,14,20H,5,10-13,15H2,1-4H3/t20-,22?/m1/s1. The number of aryl methyl sites for hydroxylation is 2. The minimum Gasteiger partial charge on any atom is -0.348 e. The minimum absolute atomic E-state index is 0.188. The zero-order valence-corrected chi connectivity index (χ0v) is 18.0. The molecule has 0 amide bonds. The molecule has 0 N–H and O–H groups in total. The Morgan fingerprint density at radius 3 is 2.71 bits per heavy atom. The van der Waals surface area contributed by atoms with Crippen LogP contribution in [-0.4, -0.2) is 35.9 Å². The molecule has 3 rings (SSSR count). The quantitative estimate of drug-likeness (QED) is 0.578. The summed E-state index contributed by atoms with van der Waals surface area (Å²) in [5, 5.41) is -0.188. The number of ether oxygens (including phenoxy) is 1. The van der Waals surface area contributed by atoms with Crippen molar-refractivity contribution in [2.75, 3.05) is 19.7 Å². The Kier molecular flexibility index (Phi) is 6.52. The minimum atomic E-state index is -1.32. The van der Waals surface area contributed by atoms with Crippen molar-refractivity contribution in [1.82, 2.24) is 9.88 Å². The Morgan fingerprint density at radius 1 is 1.32 bits per heavy atom. The number of hydrogen-bond acceptors (Lipinski definition) is 4. The number of aromatic nitrogens is 1. The summed E-state index contributed by atoms with van der Waals surface area (Å²) in [5.74, 6) is 0. The molecule has 28 heavy (non-hydrogen) atoms. The van der Waals surface area contributed by atoms with E-state index in [4.69, 9.17) is 4.74 Å². The van der Waals surface area contributed by atoms with Crippen LogP contribution in [0.4, 0.5) is 8.78 Å². The van der Waals surface area contributed by atoms with Gasteiger partial charge in [-0.25, -0.2) is 4.39 Å². The molecule has 0 aliphatic carbocycles. The van der Waals surface area contributed by atoms with Crippen molar-refractivity contribution in [3.05, 3.63) is 51.7 Å². The van der Waals surface area contributed by atoms with Gasteiger partial charge in [-0.3, -0.25) is 9.88 Å². The van der Waals surface area contributed by atoms with Gasteiger partial charge in [0.2, 0.25) is 6.36 Å². The molecule has 1 unspecified atom stereocenters. The number of thiophene rings is 1. The van der Waals surface area contributed by atoms with E-state index in [2.05, 4.69) is 29.8 Å². The van der Waals surface area contributed by atoms with Crippen molar-refractivity contribution in [3.8, 4) is 0 Å². The summed E-state index contributed by atoms with van der Waals surface area (Å²) in [6.07, 6.45) is 2.64. The van der Waals surface area contributed by atoms with Gasteiger partial charge in [-0.15, -0.1) is 11.3 Å². The molecule has 154 valence electrons. The lowest BCUT2D eigenvalue weighted by Crippen LogP contribution is -2.44. The number of hydrogen-bond donors (Lipinski definition) is 0. The smallest absolute Gasteiger partial charge is 0.205 e. The van der Waals surface area contributed by atoms with E-state index in [0.29, 0.717) is 26.0 Å². The van der Waals surface area contributed by atoms with Crippen LogP contribution in [0.5, 0.6) is 0 Å². The maximum Gasteiger partial charge on any atom is 0.205 e. The maximum atomic E-state index is 15.2. The first-order chi connectivity index (χ1) is 13.3. The van der Waals surface area contributed by atoms with Gasteiger partial charge in [-0.1, -0.05) is 6.07 Å². The molecule has 1 fully saturated rings. The van der Waals surface area contributed by atoms with E-state index in [1.807, 2.05) is 26.1 Å². The van der Waals surface area contributed by atoms with Crippen molar-refractivity contribution < 1.29 is 13.5 Å². The molecule has 1 aliphatic rings. The normalized spacial score (nSPS) is 21.9. The molecular weight excluding hydrogens is 378 g/mol. The number of alkyl halides is 1. The summed E-state index contributed by atoms with van der Waals surface area (Å²) in [5.41, 5.74) is 1.29. The molecule has 2 aromatic heterocycles. The molecule has 3 heterocycles. The largest absolute Gasteiger partial charge is 0.348 e. The second-order valence-corrected chi connectivity index (χ2v) is 9.38. The van der Waals surface area contributed by atoms with E-state index in [0.717, 1.165) is 40.4 Å². The third-order valence-corrected chi connectivity index (χ3v) is 7.02. The number of nitrogens with zero attached hydrogens (tertiary/aromatic N) is 2. The topological polar surface area (TPSA) is 25.4 Å². The molecule has 6 heteroatoms. The molecule has 0 saturated carbocycles. The van der Waals surface area contributed by atoms with Crippen LogP contribution in [-0.2, 0) is 16.7 Å². The number of pyridine rings is 1. The molecule has 0 radical (unpaired) electrons. The van der Waals surface area contributed by atoms with Gasteiger partial charge in [0.05, 0.1) is 0 Å². The summed E-state index contributed by atoms with van der Waals surface area (Å²) < 4.78 is 33.9. The Labute approximate surface area is 170 Å². The highest BCUT2D eigenvalue weighted by Gasteiger charge is 2.49. The zero-order chi connectivity index (χ0) is 20.4. The van der Waals surface area contributed by atoms with Crippen LogP contribution in [0.25, 0.3) is 0 Å². The maximum absolute atomic E-state index is 15.2. The highest BCUT2D eigenvalue weighted by Crippen LogP contribution is 2.45. The molecule has 0 aromatic carbocycles. The van der Waals surface area contributed by atoms with E-state index >= 15 is 4.39 Å². The van der Waals surface area contributed by atoms with Crippen LogP contribution in [0.15, 0.2) is 30.5 Å². The fraction of sp³-hybridized carbons (Fsp3) is 0.591. The summed E-state index contributed by atoms with van der Waals surface area (Å²) >= 11 is 1.15.